The molecule has 0 aliphatic heterocycles. The Kier molecular flexibility index (Phi) is 6.04. The summed E-state index contributed by atoms with van der Waals surface area (Å²) in [5, 5.41) is 18.7. The summed E-state index contributed by atoms with van der Waals surface area (Å²) in [5.41, 5.74) is 1.56. The standard InChI is InChI=1S/C23H18O6/c24-21(25)19-7-4-8-20(22(26)27)18(19)14-11-15-9-12-17(13-10-15)29-23(28)16-5-2-1-3-6-16/h1-10,12-13H,11,14H2,(H,24,25)(H,26,27). The molecule has 0 spiro atoms. The smallest absolute Gasteiger partial charge is 0.343 e. The van der Waals surface area contributed by atoms with Crippen LogP contribution in [0.5, 0.6) is 5.75 Å². The number of aryl methyl sites for hydroxylation is 1. The number of esters is 1. The van der Waals surface area contributed by atoms with Crippen LogP contribution in [0, 0.1) is 0 Å². The molecule has 0 fully saturated rings. The Morgan fingerprint density at radius 2 is 1.28 bits per heavy atom. The molecule has 0 aliphatic carbocycles. The summed E-state index contributed by atoms with van der Waals surface area (Å²) in [7, 11) is 0. The molecule has 6 heteroatoms. The Balaban J connectivity index is 1.71. The van der Waals surface area contributed by atoms with Crippen molar-refractivity contribution in [2.75, 3.05) is 0 Å². The van der Waals surface area contributed by atoms with Gasteiger partial charge in [-0.3, -0.25) is 0 Å². The monoisotopic (exact) mass is 390 g/mol. The summed E-state index contributed by atoms with van der Waals surface area (Å²) in [6.07, 6.45) is 0.699. The lowest BCUT2D eigenvalue weighted by Gasteiger charge is -2.10. The van der Waals surface area contributed by atoms with Gasteiger partial charge in [0.2, 0.25) is 0 Å². The van der Waals surface area contributed by atoms with Crippen molar-refractivity contribution in [2.45, 2.75) is 12.8 Å². The molecule has 0 amide bonds. The molecular formula is C23H18O6. The van der Waals surface area contributed by atoms with Crippen LogP contribution in [0.1, 0.15) is 42.2 Å². The van der Waals surface area contributed by atoms with Gasteiger partial charge < -0.3 is 14.9 Å². The molecule has 3 rings (SSSR count). The van der Waals surface area contributed by atoms with Crippen molar-refractivity contribution in [3.63, 3.8) is 0 Å². The van der Waals surface area contributed by atoms with Gasteiger partial charge in [-0.15, -0.1) is 0 Å². The van der Waals surface area contributed by atoms with Gasteiger partial charge in [-0.2, -0.15) is 0 Å². The molecule has 6 nitrogen and oxygen atoms in total. The van der Waals surface area contributed by atoms with Gasteiger partial charge in [0.1, 0.15) is 5.75 Å². The third-order valence-corrected chi connectivity index (χ3v) is 4.44. The average Bonchev–Trinajstić information content (AvgIpc) is 2.73. The molecule has 3 aromatic rings. The van der Waals surface area contributed by atoms with Crippen LogP contribution in [-0.4, -0.2) is 28.1 Å². The Hall–Kier alpha value is -3.93. The second-order valence-electron chi connectivity index (χ2n) is 6.34. The molecule has 0 heterocycles. The Labute approximate surface area is 167 Å². The third-order valence-electron chi connectivity index (χ3n) is 4.44. The van der Waals surface area contributed by atoms with Crippen LogP contribution in [-0.2, 0) is 12.8 Å². The highest BCUT2D eigenvalue weighted by Gasteiger charge is 2.18. The van der Waals surface area contributed by atoms with E-state index in [1.165, 1.54) is 18.2 Å². The molecule has 0 atom stereocenters. The molecule has 0 radical (unpaired) electrons. The third kappa shape index (κ3) is 4.87. The minimum Gasteiger partial charge on any atom is -0.478 e. The number of hydrogen-bond acceptors (Lipinski definition) is 4. The molecule has 0 saturated heterocycles. The van der Waals surface area contributed by atoms with E-state index in [4.69, 9.17) is 4.74 Å². The van der Waals surface area contributed by atoms with Crippen molar-refractivity contribution in [2.24, 2.45) is 0 Å². The molecule has 0 aromatic heterocycles. The zero-order valence-electron chi connectivity index (χ0n) is 15.4. The van der Waals surface area contributed by atoms with E-state index >= 15 is 0 Å². The number of benzene rings is 3. The van der Waals surface area contributed by atoms with E-state index in [2.05, 4.69) is 0 Å². The number of hydrogen-bond donors (Lipinski definition) is 2. The topological polar surface area (TPSA) is 101 Å². The zero-order chi connectivity index (χ0) is 20.8. The normalized spacial score (nSPS) is 10.3. The predicted octanol–water partition coefficient (Wildman–Crippen LogP) is 4.09. The van der Waals surface area contributed by atoms with Crippen molar-refractivity contribution in [1.29, 1.82) is 0 Å². The van der Waals surface area contributed by atoms with Crippen molar-refractivity contribution in [1.82, 2.24) is 0 Å². The number of aromatic carboxylic acids is 2. The second kappa shape index (κ2) is 8.84. The number of rotatable bonds is 7. The average molecular weight is 390 g/mol. The van der Waals surface area contributed by atoms with Crippen LogP contribution in [0.2, 0.25) is 0 Å². The Morgan fingerprint density at radius 3 is 1.83 bits per heavy atom. The predicted molar refractivity (Wildman–Crippen MR) is 106 cm³/mol. The number of carbonyl (C=O) groups excluding carboxylic acids is 1. The van der Waals surface area contributed by atoms with Gasteiger partial charge in [-0.05, 0) is 60.4 Å². The van der Waals surface area contributed by atoms with Gasteiger partial charge >= 0.3 is 17.9 Å². The van der Waals surface area contributed by atoms with Crippen LogP contribution in [0.15, 0.2) is 72.8 Å². The molecule has 3 aromatic carbocycles. The fourth-order valence-corrected chi connectivity index (χ4v) is 2.99. The highest BCUT2D eigenvalue weighted by atomic mass is 16.5. The van der Waals surface area contributed by atoms with Gasteiger partial charge in [-0.1, -0.05) is 36.4 Å². The summed E-state index contributed by atoms with van der Waals surface area (Å²) >= 11 is 0. The van der Waals surface area contributed by atoms with Crippen LogP contribution < -0.4 is 4.74 Å². The van der Waals surface area contributed by atoms with Crippen LogP contribution in [0.3, 0.4) is 0 Å². The van der Waals surface area contributed by atoms with Crippen LogP contribution >= 0.6 is 0 Å². The summed E-state index contributed by atoms with van der Waals surface area (Å²) < 4.78 is 5.32. The lowest BCUT2D eigenvalue weighted by molar-refractivity contribution is 0.0691. The number of ether oxygens (including phenoxy) is 1. The Bertz CT molecular complexity index is 1010. The van der Waals surface area contributed by atoms with E-state index in [9.17, 15) is 24.6 Å². The second-order valence-corrected chi connectivity index (χ2v) is 6.34. The SMILES string of the molecule is O=C(Oc1ccc(CCc2c(C(=O)O)cccc2C(=O)O)cc1)c1ccccc1. The molecular weight excluding hydrogens is 372 g/mol. The summed E-state index contributed by atoms with van der Waals surface area (Å²) in [4.78, 5) is 34.9. The first kappa shape index (κ1) is 19.8. The quantitative estimate of drug-likeness (QED) is 0.466. The van der Waals surface area contributed by atoms with E-state index in [-0.39, 0.29) is 23.1 Å². The fraction of sp³-hybridized carbons (Fsp3) is 0.0870. The largest absolute Gasteiger partial charge is 0.478 e. The molecule has 146 valence electrons. The minimum absolute atomic E-state index is 0.0155. The first-order chi connectivity index (χ1) is 14.0. The number of carboxylic acid groups (broad SMARTS) is 2. The first-order valence-corrected chi connectivity index (χ1v) is 8.90. The van der Waals surface area contributed by atoms with E-state index in [0.717, 1.165) is 5.56 Å². The van der Waals surface area contributed by atoms with Gasteiger partial charge in [-0.25, -0.2) is 14.4 Å². The van der Waals surface area contributed by atoms with E-state index < -0.39 is 17.9 Å². The molecule has 0 aliphatic rings. The Morgan fingerprint density at radius 1 is 0.690 bits per heavy atom. The van der Waals surface area contributed by atoms with Crippen molar-refractivity contribution >= 4 is 17.9 Å². The summed E-state index contributed by atoms with van der Waals surface area (Å²) in [5.74, 6) is -2.39. The van der Waals surface area contributed by atoms with Gasteiger partial charge in [0.25, 0.3) is 0 Å². The molecule has 0 bridgehead atoms. The van der Waals surface area contributed by atoms with Crippen LogP contribution in [0.4, 0.5) is 0 Å². The van der Waals surface area contributed by atoms with Crippen molar-refractivity contribution in [3.8, 4) is 5.75 Å². The first-order valence-electron chi connectivity index (χ1n) is 8.90. The summed E-state index contributed by atoms with van der Waals surface area (Å²) in [6, 6.07) is 19.7. The van der Waals surface area contributed by atoms with Crippen molar-refractivity contribution < 1.29 is 29.3 Å². The fourth-order valence-electron chi connectivity index (χ4n) is 2.99. The molecule has 0 unspecified atom stereocenters. The van der Waals surface area contributed by atoms with Gasteiger partial charge in [0.15, 0.2) is 0 Å². The molecule has 0 saturated carbocycles. The zero-order valence-corrected chi connectivity index (χ0v) is 15.4. The highest BCUT2D eigenvalue weighted by molar-refractivity contribution is 5.96. The maximum Gasteiger partial charge on any atom is 0.343 e. The van der Waals surface area contributed by atoms with Crippen molar-refractivity contribution in [3.05, 3.63) is 101 Å². The van der Waals surface area contributed by atoms with E-state index in [0.29, 0.717) is 17.7 Å². The lowest BCUT2D eigenvalue weighted by atomic mass is 9.95. The van der Waals surface area contributed by atoms with Gasteiger partial charge in [0.05, 0.1) is 16.7 Å². The number of carboxylic acids is 2. The highest BCUT2D eigenvalue weighted by Crippen LogP contribution is 2.20. The maximum atomic E-state index is 12.1. The molecule has 2 N–H and O–H groups in total. The summed E-state index contributed by atoms with van der Waals surface area (Å²) in [6.45, 7) is 0. The van der Waals surface area contributed by atoms with E-state index in [1.807, 2.05) is 6.07 Å². The number of carbonyl (C=O) groups is 3. The molecule has 29 heavy (non-hydrogen) atoms. The van der Waals surface area contributed by atoms with Crippen LogP contribution in [0.25, 0.3) is 0 Å². The van der Waals surface area contributed by atoms with Gasteiger partial charge in [0, 0.05) is 0 Å². The lowest BCUT2D eigenvalue weighted by Crippen LogP contribution is -2.11. The maximum absolute atomic E-state index is 12.1. The minimum atomic E-state index is -1.16. The van der Waals surface area contributed by atoms with E-state index in [1.54, 1.807) is 48.5 Å².